The van der Waals surface area contributed by atoms with E-state index in [4.69, 9.17) is 10.5 Å². The average molecular weight is 308 g/mol. The molecule has 2 aromatic rings. The Hall–Kier alpha value is -2.08. The highest BCUT2D eigenvalue weighted by Gasteiger charge is 2.32. The number of hydrogen-bond acceptors (Lipinski definition) is 3. The molecule has 1 aliphatic rings. The first-order chi connectivity index (χ1) is 10.5. The van der Waals surface area contributed by atoms with Gasteiger partial charge in [0, 0.05) is 23.2 Å². The van der Waals surface area contributed by atoms with Crippen molar-refractivity contribution in [3.05, 3.63) is 47.8 Å². The molecule has 22 heavy (non-hydrogen) atoms. The SMILES string of the molecule is NC[C@@H]1CCOc2c(-c3ccc(C(F)(F)F)nc3)cccc21. The second kappa shape index (κ2) is 5.61. The Morgan fingerprint density at radius 2 is 2.05 bits per heavy atom. The van der Waals surface area contributed by atoms with Gasteiger partial charge in [0.1, 0.15) is 11.4 Å². The quantitative estimate of drug-likeness (QED) is 0.922. The predicted molar refractivity (Wildman–Crippen MR) is 76.6 cm³/mol. The minimum Gasteiger partial charge on any atom is -0.493 e. The number of alkyl halides is 3. The second-order valence-electron chi connectivity index (χ2n) is 5.22. The maximum atomic E-state index is 12.6. The van der Waals surface area contributed by atoms with Crippen LogP contribution in [0.1, 0.15) is 23.6 Å². The van der Waals surface area contributed by atoms with Gasteiger partial charge in [-0.2, -0.15) is 13.2 Å². The van der Waals surface area contributed by atoms with Crippen LogP contribution < -0.4 is 10.5 Å². The van der Waals surface area contributed by atoms with Crippen molar-refractivity contribution in [1.82, 2.24) is 4.98 Å². The number of benzene rings is 1. The summed E-state index contributed by atoms with van der Waals surface area (Å²) in [5, 5.41) is 0. The number of ether oxygens (including phenoxy) is 1. The number of hydrogen-bond donors (Lipinski definition) is 1. The zero-order valence-corrected chi connectivity index (χ0v) is 11.7. The number of pyridine rings is 1. The number of aromatic nitrogens is 1. The molecule has 0 aliphatic carbocycles. The van der Waals surface area contributed by atoms with Crippen LogP contribution in [-0.2, 0) is 6.18 Å². The fourth-order valence-electron chi connectivity index (χ4n) is 2.69. The molecule has 1 atom stereocenters. The number of para-hydroxylation sites is 1. The van der Waals surface area contributed by atoms with Gasteiger partial charge < -0.3 is 10.5 Å². The molecule has 2 N–H and O–H groups in total. The molecule has 2 heterocycles. The predicted octanol–water partition coefficient (Wildman–Crippen LogP) is 3.59. The lowest BCUT2D eigenvalue weighted by molar-refractivity contribution is -0.141. The Morgan fingerprint density at radius 3 is 2.68 bits per heavy atom. The third kappa shape index (κ3) is 2.66. The molecule has 0 radical (unpaired) electrons. The first-order valence-electron chi connectivity index (χ1n) is 7.00. The number of halogens is 3. The molecule has 1 aromatic carbocycles. The summed E-state index contributed by atoms with van der Waals surface area (Å²) in [7, 11) is 0. The third-order valence-electron chi connectivity index (χ3n) is 3.85. The summed E-state index contributed by atoms with van der Waals surface area (Å²) in [6.45, 7) is 1.07. The lowest BCUT2D eigenvalue weighted by atomic mass is 9.90. The van der Waals surface area contributed by atoms with Gasteiger partial charge in [-0.05, 0) is 24.6 Å². The molecule has 0 saturated carbocycles. The Balaban J connectivity index is 2.02. The highest BCUT2D eigenvalue weighted by atomic mass is 19.4. The first-order valence-corrected chi connectivity index (χ1v) is 7.00. The zero-order valence-electron chi connectivity index (χ0n) is 11.7. The van der Waals surface area contributed by atoms with Crippen LogP contribution in [0.15, 0.2) is 36.5 Å². The number of nitrogens with two attached hydrogens (primary N) is 1. The van der Waals surface area contributed by atoms with Gasteiger partial charge in [0.2, 0.25) is 0 Å². The summed E-state index contributed by atoms with van der Waals surface area (Å²) >= 11 is 0. The van der Waals surface area contributed by atoms with E-state index in [2.05, 4.69) is 4.98 Å². The molecule has 1 aromatic heterocycles. The molecule has 3 nitrogen and oxygen atoms in total. The minimum absolute atomic E-state index is 0.214. The lowest BCUT2D eigenvalue weighted by Crippen LogP contribution is -2.21. The smallest absolute Gasteiger partial charge is 0.433 e. The van der Waals surface area contributed by atoms with E-state index in [1.807, 2.05) is 18.2 Å². The lowest BCUT2D eigenvalue weighted by Gasteiger charge is -2.26. The van der Waals surface area contributed by atoms with Gasteiger partial charge in [0.15, 0.2) is 0 Å². The van der Waals surface area contributed by atoms with Crippen LogP contribution in [0.2, 0.25) is 0 Å². The number of rotatable bonds is 2. The molecule has 0 saturated heterocycles. The minimum atomic E-state index is -4.43. The van der Waals surface area contributed by atoms with Crippen molar-refractivity contribution in [3.63, 3.8) is 0 Å². The molecule has 6 heteroatoms. The summed E-state index contributed by atoms with van der Waals surface area (Å²) in [5.41, 5.74) is 7.23. The molecule has 0 fully saturated rings. The van der Waals surface area contributed by atoms with E-state index < -0.39 is 11.9 Å². The van der Waals surface area contributed by atoms with Gasteiger partial charge in [-0.3, -0.25) is 4.98 Å². The molecule has 0 unspecified atom stereocenters. The molecule has 3 rings (SSSR count). The van der Waals surface area contributed by atoms with Gasteiger partial charge >= 0.3 is 6.18 Å². The van der Waals surface area contributed by atoms with Crippen molar-refractivity contribution in [2.24, 2.45) is 5.73 Å². The van der Waals surface area contributed by atoms with E-state index in [1.54, 1.807) is 0 Å². The Labute approximate surface area is 125 Å². The Kier molecular flexibility index (Phi) is 3.78. The number of fused-ring (bicyclic) bond motifs is 1. The molecule has 0 amide bonds. The van der Waals surface area contributed by atoms with Crippen LogP contribution in [0.3, 0.4) is 0 Å². The normalized spacial score (nSPS) is 17.7. The topological polar surface area (TPSA) is 48.1 Å². The third-order valence-corrected chi connectivity index (χ3v) is 3.85. The summed E-state index contributed by atoms with van der Waals surface area (Å²) in [6.07, 6.45) is -2.36. The van der Waals surface area contributed by atoms with E-state index in [1.165, 1.54) is 12.3 Å². The van der Waals surface area contributed by atoms with E-state index >= 15 is 0 Å². The largest absolute Gasteiger partial charge is 0.493 e. The Bertz CT molecular complexity index is 668. The van der Waals surface area contributed by atoms with E-state index in [-0.39, 0.29) is 5.92 Å². The van der Waals surface area contributed by atoms with E-state index in [0.717, 1.165) is 23.6 Å². The summed E-state index contributed by atoms with van der Waals surface area (Å²) < 4.78 is 43.5. The molecule has 0 spiro atoms. The summed E-state index contributed by atoms with van der Waals surface area (Å²) in [4.78, 5) is 3.51. The maximum absolute atomic E-state index is 12.6. The summed E-state index contributed by atoms with van der Waals surface area (Å²) in [6, 6.07) is 8.04. The standard InChI is InChI=1S/C16H15F3N2O/c17-16(18,19)14-5-4-11(9-21-14)13-3-1-2-12-10(8-20)6-7-22-15(12)13/h1-5,9-10H,6-8,20H2/t10-/m0/s1. The van der Waals surface area contributed by atoms with Gasteiger partial charge in [0.05, 0.1) is 6.61 Å². The Morgan fingerprint density at radius 1 is 1.23 bits per heavy atom. The summed E-state index contributed by atoms with van der Waals surface area (Å²) in [5.74, 6) is 0.914. The van der Waals surface area contributed by atoms with Crippen molar-refractivity contribution in [2.75, 3.05) is 13.2 Å². The van der Waals surface area contributed by atoms with Crippen LogP contribution in [-0.4, -0.2) is 18.1 Å². The van der Waals surface area contributed by atoms with Crippen molar-refractivity contribution in [3.8, 4) is 16.9 Å². The zero-order chi connectivity index (χ0) is 15.7. The van der Waals surface area contributed by atoms with Crippen molar-refractivity contribution < 1.29 is 17.9 Å². The number of nitrogens with zero attached hydrogens (tertiary/aromatic N) is 1. The first kappa shape index (κ1) is 14.8. The maximum Gasteiger partial charge on any atom is 0.433 e. The van der Waals surface area contributed by atoms with Crippen LogP contribution in [0.4, 0.5) is 13.2 Å². The highest BCUT2D eigenvalue weighted by molar-refractivity contribution is 5.72. The van der Waals surface area contributed by atoms with Gasteiger partial charge in [0.25, 0.3) is 0 Å². The van der Waals surface area contributed by atoms with Crippen LogP contribution in [0.5, 0.6) is 5.75 Å². The van der Waals surface area contributed by atoms with Crippen LogP contribution in [0, 0.1) is 0 Å². The van der Waals surface area contributed by atoms with Gasteiger partial charge in [-0.15, -0.1) is 0 Å². The van der Waals surface area contributed by atoms with Crippen molar-refractivity contribution >= 4 is 0 Å². The van der Waals surface area contributed by atoms with Gasteiger partial charge in [-0.1, -0.05) is 24.3 Å². The monoisotopic (exact) mass is 308 g/mol. The molecule has 0 bridgehead atoms. The average Bonchev–Trinajstić information content (AvgIpc) is 2.53. The molecule has 1 aliphatic heterocycles. The molecular weight excluding hydrogens is 293 g/mol. The fourth-order valence-corrected chi connectivity index (χ4v) is 2.69. The van der Waals surface area contributed by atoms with E-state index in [9.17, 15) is 13.2 Å². The molecular formula is C16H15F3N2O. The van der Waals surface area contributed by atoms with Crippen molar-refractivity contribution in [2.45, 2.75) is 18.5 Å². The van der Waals surface area contributed by atoms with Crippen LogP contribution >= 0.6 is 0 Å². The van der Waals surface area contributed by atoms with E-state index in [0.29, 0.717) is 24.5 Å². The van der Waals surface area contributed by atoms with Gasteiger partial charge in [-0.25, -0.2) is 0 Å². The fraction of sp³-hybridized carbons (Fsp3) is 0.312. The molecule has 116 valence electrons. The van der Waals surface area contributed by atoms with Crippen LogP contribution in [0.25, 0.3) is 11.1 Å². The second-order valence-corrected chi connectivity index (χ2v) is 5.22. The highest BCUT2D eigenvalue weighted by Crippen LogP contribution is 2.40. The van der Waals surface area contributed by atoms with Crippen molar-refractivity contribution in [1.29, 1.82) is 0 Å².